The second-order valence-corrected chi connectivity index (χ2v) is 7.18. The lowest BCUT2D eigenvalue weighted by Crippen LogP contribution is -2.42. The summed E-state index contributed by atoms with van der Waals surface area (Å²) in [4.78, 5) is 23.3. The van der Waals surface area contributed by atoms with Crippen LogP contribution in [0.15, 0.2) is 35.7 Å². The van der Waals surface area contributed by atoms with E-state index in [1.54, 1.807) is 23.6 Å². The van der Waals surface area contributed by atoms with Crippen molar-refractivity contribution in [1.82, 2.24) is 5.32 Å². The van der Waals surface area contributed by atoms with E-state index in [1.807, 2.05) is 0 Å². The molecule has 1 heterocycles. The number of rotatable bonds is 5. The van der Waals surface area contributed by atoms with E-state index in [0.717, 1.165) is 8.45 Å². The average molecular weight is 417 g/mol. The van der Waals surface area contributed by atoms with Crippen molar-refractivity contribution >= 4 is 45.8 Å². The molecule has 0 bridgehead atoms. The van der Waals surface area contributed by atoms with Crippen LogP contribution in [0.5, 0.6) is 5.75 Å². The molecule has 2 aromatic rings. The number of carboxylic acids is 1. The maximum absolute atomic E-state index is 12.0. The number of hydrogen-bond donors (Lipinski definition) is 3. The highest BCUT2D eigenvalue weighted by Crippen LogP contribution is 2.17. The number of amides is 1. The van der Waals surface area contributed by atoms with Gasteiger partial charge in [0.05, 0.1) is 8.45 Å². The third-order valence-corrected chi connectivity index (χ3v) is 4.60. The highest BCUT2D eigenvalue weighted by atomic mass is 127. The molecule has 110 valence electrons. The summed E-state index contributed by atoms with van der Waals surface area (Å²) in [6, 6.07) is 6.92. The number of phenols is 1. The minimum Gasteiger partial charge on any atom is -0.508 e. The van der Waals surface area contributed by atoms with Gasteiger partial charge in [0.25, 0.3) is 5.91 Å². The van der Waals surface area contributed by atoms with Crippen molar-refractivity contribution in [3.63, 3.8) is 0 Å². The molecule has 0 aliphatic rings. The fourth-order valence-corrected chi connectivity index (χ4v) is 3.07. The predicted octanol–water partition coefficient (Wildman–Crippen LogP) is 2.48. The molecule has 21 heavy (non-hydrogen) atoms. The molecular weight excluding hydrogens is 405 g/mol. The largest absolute Gasteiger partial charge is 0.508 e. The molecule has 0 aliphatic carbocycles. The third kappa shape index (κ3) is 4.43. The minimum atomic E-state index is -1.10. The van der Waals surface area contributed by atoms with E-state index in [0.29, 0.717) is 5.56 Å². The number of benzene rings is 1. The highest BCUT2D eigenvalue weighted by molar-refractivity contribution is 14.1. The zero-order valence-corrected chi connectivity index (χ0v) is 13.7. The molecule has 0 radical (unpaired) electrons. The SMILES string of the molecule is O=C(N[C@H](Cc1ccc(O)cc1)C(=O)O)c1csc(I)c1. The smallest absolute Gasteiger partial charge is 0.326 e. The topological polar surface area (TPSA) is 86.6 Å². The highest BCUT2D eigenvalue weighted by Gasteiger charge is 2.21. The number of carbonyl (C=O) groups excluding carboxylic acids is 1. The number of aromatic hydroxyl groups is 1. The summed E-state index contributed by atoms with van der Waals surface area (Å²) in [6.07, 6.45) is 0.155. The van der Waals surface area contributed by atoms with Gasteiger partial charge in [-0.05, 0) is 46.4 Å². The van der Waals surface area contributed by atoms with Gasteiger partial charge in [-0.3, -0.25) is 4.79 Å². The Morgan fingerprint density at radius 3 is 2.48 bits per heavy atom. The summed E-state index contributed by atoms with van der Waals surface area (Å²) in [5.41, 5.74) is 1.18. The van der Waals surface area contributed by atoms with Crippen LogP contribution in [-0.2, 0) is 11.2 Å². The molecule has 0 fully saturated rings. The van der Waals surface area contributed by atoms with Crippen molar-refractivity contribution in [2.45, 2.75) is 12.5 Å². The Balaban J connectivity index is 2.07. The predicted molar refractivity (Wildman–Crippen MR) is 87.7 cm³/mol. The Kier molecular flexibility index (Phi) is 5.18. The molecule has 1 atom stereocenters. The first kappa shape index (κ1) is 15.8. The van der Waals surface area contributed by atoms with Crippen LogP contribution < -0.4 is 5.32 Å². The van der Waals surface area contributed by atoms with Gasteiger partial charge in [0.15, 0.2) is 0 Å². The fraction of sp³-hybridized carbons (Fsp3) is 0.143. The quantitative estimate of drug-likeness (QED) is 0.653. The lowest BCUT2D eigenvalue weighted by molar-refractivity contribution is -0.139. The Morgan fingerprint density at radius 1 is 1.29 bits per heavy atom. The van der Waals surface area contributed by atoms with Crippen molar-refractivity contribution in [3.05, 3.63) is 49.7 Å². The van der Waals surface area contributed by atoms with Crippen LogP contribution in [0, 0.1) is 2.88 Å². The van der Waals surface area contributed by atoms with Gasteiger partial charge in [0.1, 0.15) is 11.8 Å². The van der Waals surface area contributed by atoms with Gasteiger partial charge >= 0.3 is 5.97 Å². The number of phenolic OH excluding ortho intramolecular Hbond substituents is 1. The standard InChI is InChI=1S/C14H12INO4S/c15-12-6-9(7-21-12)13(18)16-11(14(19)20)5-8-1-3-10(17)4-2-8/h1-4,6-7,11,17H,5H2,(H,16,18)(H,19,20)/t11-/m1/s1. The van der Waals surface area contributed by atoms with Gasteiger partial charge in [-0.2, -0.15) is 0 Å². The molecule has 1 aromatic carbocycles. The number of halogens is 1. The molecule has 0 unspecified atom stereocenters. The lowest BCUT2D eigenvalue weighted by atomic mass is 10.1. The first-order valence-corrected chi connectivity index (χ1v) is 7.97. The van der Waals surface area contributed by atoms with E-state index < -0.39 is 17.9 Å². The molecule has 0 spiro atoms. The summed E-state index contributed by atoms with van der Waals surface area (Å²) in [5, 5.41) is 22.6. The van der Waals surface area contributed by atoms with E-state index in [4.69, 9.17) is 0 Å². The molecule has 3 N–H and O–H groups in total. The zero-order chi connectivity index (χ0) is 15.4. The van der Waals surface area contributed by atoms with Crippen LogP contribution in [0.3, 0.4) is 0 Å². The number of nitrogens with one attached hydrogen (secondary N) is 1. The molecule has 2 rings (SSSR count). The van der Waals surface area contributed by atoms with Gasteiger partial charge in [-0.15, -0.1) is 11.3 Å². The molecule has 0 aliphatic heterocycles. The second kappa shape index (κ2) is 6.90. The van der Waals surface area contributed by atoms with Gasteiger partial charge in [0.2, 0.25) is 0 Å². The molecule has 0 saturated carbocycles. The minimum absolute atomic E-state index is 0.113. The zero-order valence-electron chi connectivity index (χ0n) is 10.7. The third-order valence-electron chi connectivity index (χ3n) is 2.81. The van der Waals surface area contributed by atoms with Crippen molar-refractivity contribution in [3.8, 4) is 5.75 Å². The van der Waals surface area contributed by atoms with Crippen LogP contribution in [-0.4, -0.2) is 28.1 Å². The molecule has 1 aromatic heterocycles. The number of carboxylic acid groups (broad SMARTS) is 1. The lowest BCUT2D eigenvalue weighted by Gasteiger charge is -2.14. The van der Waals surface area contributed by atoms with E-state index in [2.05, 4.69) is 27.9 Å². The van der Waals surface area contributed by atoms with Crippen LogP contribution >= 0.6 is 33.9 Å². The van der Waals surface area contributed by atoms with Crippen LogP contribution in [0.2, 0.25) is 0 Å². The van der Waals surface area contributed by atoms with Crippen LogP contribution in [0.25, 0.3) is 0 Å². The summed E-state index contributed by atoms with van der Waals surface area (Å²) in [7, 11) is 0. The summed E-state index contributed by atoms with van der Waals surface area (Å²) in [6.45, 7) is 0. The Bertz CT molecular complexity index is 653. The summed E-state index contributed by atoms with van der Waals surface area (Å²) < 4.78 is 0.961. The van der Waals surface area contributed by atoms with Crippen molar-refractivity contribution < 1.29 is 19.8 Å². The molecule has 7 heteroatoms. The number of hydrogen-bond acceptors (Lipinski definition) is 4. The van der Waals surface area contributed by atoms with E-state index in [1.165, 1.54) is 23.5 Å². The van der Waals surface area contributed by atoms with Gasteiger partial charge < -0.3 is 15.5 Å². The number of carbonyl (C=O) groups is 2. The maximum atomic E-state index is 12.0. The van der Waals surface area contributed by atoms with Gasteiger partial charge in [-0.25, -0.2) is 4.79 Å². The monoisotopic (exact) mass is 417 g/mol. The average Bonchev–Trinajstić information content (AvgIpc) is 2.87. The number of aliphatic carboxylic acids is 1. The Morgan fingerprint density at radius 2 is 1.95 bits per heavy atom. The first-order chi connectivity index (χ1) is 9.95. The molecule has 1 amide bonds. The molecule has 5 nitrogen and oxygen atoms in total. The van der Waals surface area contributed by atoms with E-state index in [9.17, 15) is 19.8 Å². The summed E-state index contributed by atoms with van der Waals surface area (Å²) in [5.74, 6) is -1.38. The number of thiophene rings is 1. The van der Waals surface area contributed by atoms with Crippen molar-refractivity contribution in [2.24, 2.45) is 0 Å². The van der Waals surface area contributed by atoms with Crippen molar-refractivity contribution in [1.29, 1.82) is 0 Å². The van der Waals surface area contributed by atoms with Crippen molar-refractivity contribution in [2.75, 3.05) is 0 Å². The normalized spacial score (nSPS) is 11.9. The van der Waals surface area contributed by atoms with E-state index >= 15 is 0 Å². The summed E-state index contributed by atoms with van der Waals surface area (Å²) >= 11 is 3.53. The Hall–Kier alpha value is -1.61. The maximum Gasteiger partial charge on any atom is 0.326 e. The van der Waals surface area contributed by atoms with Crippen LogP contribution in [0.1, 0.15) is 15.9 Å². The second-order valence-electron chi connectivity index (χ2n) is 4.37. The first-order valence-electron chi connectivity index (χ1n) is 6.01. The Labute approximate surface area is 138 Å². The fourth-order valence-electron chi connectivity index (χ4n) is 1.74. The molecular formula is C14H12INO4S. The van der Waals surface area contributed by atoms with Gasteiger partial charge in [0, 0.05) is 11.8 Å². The van der Waals surface area contributed by atoms with E-state index in [-0.39, 0.29) is 12.2 Å². The van der Waals surface area contributed by atoms with Gasteiger partial charge in [-0.1, -0.05) is 12.1 Å². The molecule has 0 saturated heterocycles. The van der Waals surface area contributed by atoms with Crippen LogP contribution in [0.4, 0.5) is 0 Å².